The van der Waals surface area contributed by atoms with Gasteiger partial charge < -0.3 is 4.74 Å². The number of nitrogens with zero attached hydrogens (tertiary/aromatic N) is 2. The zero-order chi connectivity index (χ0) is 15.7. The minimum Gasteiger partial charge on any atom is -0.375 e. The van der Waals surface area contributed by atoms with E-state index in [2.05, 4.69) is 4.98 Å². The molecule has 0 saturated carbocycles. The highest BCUT2D eigenvalue weighted by atomic mass is 32.2. The molecule has 2 aromatic rings. The van der Waals surface area contributed by atoms with Crippen molar-refractivity contribution in [3.8, 4) is 0 Å². The minimum absolute atomic E-state index is 0.0293. The molecule has 1 aliphatic rings. The van der Waals surface area contributed by atoms with Crippen molar-refractivity contribution < 1.29 is 13.2 Å². The van der Waals surface area contributed by atoms with Crippen LogP contribution in [0, 0.1) is 6.92 Å². The number of rotatable bonds is 3. The van der Waals surface area contributed by atoms with Crippen LogP contribution in [-0.2, 0) is 14.8 Å². The van der Waals surface area contributed by atoms with Gasteiger partial charge in [0.05, 0.1) is 23.1 Å². The van der Waals surface area contributed by atoms with Crippen molar-refractivity contribution in [1.29, 1.82) is 0 Å². The van der Waals surface area contributed by atoms with Crippen LogP contribution >= 0.6 is 0 Å². The van der Waals surface area contributed by atoms with E-state index in [9.17, 15) is 8.42 Å². The number of ether oxygens (including phenoxy) is 1. The quantitative estimate of drug-likeness (QED) is 0.871. The van der Waals surface area contributed by atoms with Gasteiger partial charge in [-0.25, -0.2) is 8.42 Å². The summed E-state index contributed by atoms with van der Waals surface area (Å²) in [5.74, 6) is 0. The molecule has 1 aromatic heterocycles. The van der Waals surface area contributed by atoms with Crippen molar-refractivity contribution >= 4 is 20.9 Å². The second-order valence-electron chi connectivity index (χ2n) is 5.54. The van der Waals surface area contributed by atoms with Crippen LogP contribution in [-0.4, -0.2) is 43.5 Å². The molecule has 0 bridgehead atoms. The first kappa shape index (κ1) is 15.4. The summed E-state index contributed by atoms with van der Waals surface area (Å²) < 4.78 is 33.1. The Balaban J connectivity index is 2.08. The summed E-state index contributed by atoms with van der Waals surface area (Å²) in [7, 11) is -3.54. The van der Waals surface area contributed by atoms with E-state index in [4.69, 9.17) is 4.74 Å². The van der Waals surface area contributed by atoms with Gasteiger partial charge in [-0.3, -0.25) is 4.98 Å². The number of hydrogen-bond donors (Lipinski definition) is 0. The lowest BCUT2D eigenvalue weighted by molar-refractivity contribution is -0.00275. The number of fused-ring (bicyclic) bond motifs is 1. The summed E-state index contributed by atoms with van der Waals surface area (Å²) in [6.07, 6.45) is 2.47. The predicted molar refractivity (Wildman–Crippen MR) is 85.3 cm³/mol. The van der Waals surface area contributed by atoms with Crippen molar-refractivity contribution in [3.05, 3.63) is 36.0 Å². The molecule has 118 valence electrons. The largest absolute Gasteiger partial charge is 0.375 e. The summed E-state index contributed by atoms with van der Waals surface area (Å²) in [6.45, 7) is 5.20. The number of aryl methyl sites for hydroxylation is 1. The lowest BCUT2D eigenvalue weighted by Gasteiger charge is -2.31. The van der Waals surface area contributed by atoms with Gasteiger partial charge in [-0.05, 0) is 37.1 Å². The molecule has 1 saturated heterocycles. The van der Waals surface area contributed by atoms with Crippen molar-refractivity contribution in [2.24, 2.45) is 0 Å². The molecule has 0 radical (unpaired) electrons. The molecular formula is C16H20N2O3S. The zero-order valence-corrected chi connectivity index (χ0v) is 13.6. The van der Waals surface area contributed by atoms with E-state index in [-0.39, 0.29) is 6.10 Å². The third-order valence-corrected chi connectivity index (χ3v) is 6.03. The van der Waals surface area contributed by atoms with Gasteiger partial charge in [-0.1, -0.05) is 13.0 Å². The fourth-order valence-corrected chi connectivity index (χ4v) is 4.45. The monoisotopic (exact) mass is 320 g/mol. The molecule has 0 aliphatic carbocycles. The van der Waals surface area contributed by atoms with Crippen LogP contribution in [0.15, 0.2) is 35.4 Å². The van der Waals surface area contributed by atoms with Crippen molar-refractivity contribution in [1.82, 2.24) is 9.29 Å². The standard InChI is InChI=1S/C16H20N2O3S/c1-3-13-11-18(9-10-21-13)22(19,20)15-7-6-12(2)16-14(15)5-4-8-17-16/h4-8,13H,3,9-11H2,1-2H3. The Kier molecular flexibility index (Phi) is 4.16. The molecule has 1 aliphatic heterocycles. The highest BCUT2D eigenvalue weighted by Crippen LogP contribution is 2.28. The van der Waals surface area contributed by atoms with E-state index in [0.29, 0.717) is 30.0 Å². The van der Waals surface area contributed by atoms with Crippen LogP contribution in [0.1, 0.15) is 18.9 Å². The molecule has 1 atom stereocenters. The molecule has 6 heteroatoms. The van der Waals surface area contributed by atoms with E-state index >= 15 is 0 Å². The maximum atomic E-state index is 13.0. The second kappa shape index (κ2) is 5.95. The number of morpholine rings is 1. The van der Waals surface area contributed by atoms with Crippen molar-refractivity contribution in [3.63, 3.8) is 0 Å². The fourth-order valence-electron chi connectivity index (χ4n) is 2.81. The van der Waals surface area contributed by atoms with Crippen LogP contribution in [0.3, 0.4) is 0 Å². The maximum Gasteiger partial charge on any atom is 0.243 e. The molecular weight excluding hydrogens is 300 g/mol. The number of benzene rings is 1. The molecule has 0 amide bonds. The lowest BCUT2D eigenvalue weighted by Crippen LogP contribution is -2.45. The SMILES string of the molecule is CCC1CN(S(=O)(=O)c2ccc(C)c3ncccc23)CCO1. The van der Waals surface area contributed by atoms with Gasteiger partial charge >= 0.3 is 0 Å². The number of pyridine rings is 1. The third-order valence-electron chi connectivity index (χ3n) is 4.11. The van der Waals surface area contributed by atoms with E-state index in [1.807, 2.05) is 26.0 Å². The van der Waals surface area contributed by atoms with Gasteiger partial charge in [0, 0.05) is 24.7 Å². The summed E-state index contributed by atoms with van der Waals surface area (Å²) in [5, 5.41) is 0.682. The average molecular weight is 320 g/mol. The average Bonchev–Trinajstić information content (AvgIpc) is 2.55. The molecule has 0 spiro atoms. The van der Waals surface area contributed by atoms with Gasteiger partial charge in [0.1, 0.15) is 0 Å². The first-order chi connectivity index (χ1) is 10.5. The summed E-state index contributed by atoms with van der Waals surface area (Å²) in [6, 6.07) is 7.10. The molecule has 1 aromatic carbocycles. The van der Waals surface area contributed by atoms with Gasteiger partial charge in [-0.15, -0.1) is 0 Å². The first-order valence-electron chi connectivity index (χ1n) is 7.50. The van der Waals surface area contributed by atoms with Crippen molar-refractivity contribution in [2.75, 3.05) is 19.7 Å². The molecule has 2 heterocycles. The third kappa shape index (κ3) is 2.62. The van der Waals surface area contributed by atoms with Crippen LogP contribution < -0.4 is 0 Å². The van der Waals surface area contributed by atoms with Crippen molar-refractivity contribution in [2.45, 2.75) is 31.3 Å². The van der Waals surface area contributed by atoms with Crippen LogP contribution in [0.4, 0.5) is 0 Å². The van der Waals surface area contributed by atoms with Gasteiger partial charge in [-0.2, -0.15) is 4.31 Å². The topological polar surface area (TPSA) is 59.5 Å². The van der Waals surface area contributed by atoms with E-state index in [1.54, 1.807) is 18.3 Å². The van der Waals surface area contributed by atoms with Crippen LogP contribution in [0.5, 0.6) is 0 Å². The van der Waals surface area contributed by atoms with Gasteiger partial charge in [0.25, 0.3) is 0 Å². The first-order valence-corrected chi connectivity index (χ1v) is 8.94. The molecule has 3 rings (SSSR count). The number of sulfonamides is 1. The van der Waals surface area contributed by atoms with Crippen LogP contribution in [0.25, 0.3) is 10.9 Å². The predicted octanol–water partition coefficient (Wildman–Crippen LogP) is 2.34. The maximum absolute atomic E-state index is 13.0. The number of hydrogen-bond acceptors (Lipinski definition) is 4. The molecule has 22 heavy (non-hydrogen) atoms. The summed E-state index contributed by atoms with van der Waals surface area (Å²) in [5.41, 5.74) is 1.71. The van der Waals surface area contributed by atoms with E-state index in [1.165, 1.54) is 4.31 Å². The Bertz CT molecular complexity index is 789. The molecule has 0 N–H and O–H groups in total. The Morgan fingerprint density at radius 3 is 2.95 bits per heavy atom. The minimum atomic E-state index is -3.54. The Hall–Kier alpha value is -1.50. The summed E-state index contributed by atoms with van der Waals surface area (Å²) in [4.78, 5) is 4.65. The van der Waals surface area contributed by atoms with Crippen LogP contribution in [0.2, 0.25) is 0 Å². The molecule has 5 nitrogen and oxygen atoms in total. The normalized spacial score (nSPS) is 20.4. The molecule has 1 unspecified atom stereocenters. The Labute approximate surface area is 131 Å². The Morgan fingerprint density at radius 2 is 2.18 bits per heavy atom. The molecule has 1 fully saturated rings. The zero-order valence-electron chi connectivity index (χ0n) is 12.8. The van der Waals surface area contributed by atoms with Gasteiger partial charge in [0.2, 0.25) is 10.0 Å². The highest BCUT2D eigenvalue weighted by Gasteiger charge is 2.31. The fraction of sp³-hybridized carbons (Fsp3) is 0.438. The Morgan fingerprint density at radius 1 is 1.36 bits per heavy atom. The van der Waals surface area contributed by atoms with Gasteiger partial charge in [0.15, 0.2) is 0 Å². The second-order valence-corrected chi connectivity index (χ2v) is 7.45. The number of aromatic nitrogens is 1. The highest BCUT2D eigenvalue weighted by molar-refractivity contribution is 7.89. The van der Waals surface area contributed by atoms with E-state index in [0.717, 1.165) is 17.5 Å². The van der Waals surface area contributed by atoms with E-state index < -0.39 is 10.0 Å². The lowest BCUT2D eigenvalue weighted by atomic mass is 10.1. The summed E-state index contributed by atoms with van der Waals surface area (Å²) >= 11 is 0. The smallest absolute Gasteiger partial charge is 0.243 e.